The predicted octanol–water partition coefficient (Wildman–Crippen LogP) is 3.25. The second-order valence-electron chi connectivity index (χ2n) is 5.05. The molecule has 1 aromatic heterocycles. The monoisotopic (exact) mass is 344 g/mol. The Morgan fingerprint density at radius 2 is 2.04 bits per heavy atom. The van der Waals surface area contributed by atoms with E-state index in [-0.39, 0.29) is 5.91 Å². The molecule has 3 rings (SSSR count). The molecule has 0 saturated heterocycles. The molecule has 0 fully saturated rings. The number of hydrogen-bond acceptors (Lipinski definition) is 5. The van der Waals surface area contributed by atoms with Crippen LogP contribution in [0.3, 0.4) is 0 Å². The number of thioether (sulfide) groups is 1. The molecule has 1 amide bonds. The Hall–Kier alpha value is -2.67. The van der Waals surface area contributed by atoms with E-state index in [4.69, 9.17) is 9.15 Å². The van der Waals surface area contributed by atoms with Gasteiger partial charge in [0, 0.05) is 22.8 Å². The van der Waals surface area contributed by atoms with Crippen molar-refractivity contribution in [3.05, 3.63) is 53.0 Å². The van der Waals surface area contributed by atoms with Crippen LogP contribution in [0.15, 0.2) is 56.6 Å². The number of H-pyrrole nitrogens is 1. The molecule has 7 heteroatoms. The third-order valence-electron chi connectivity index (χ3n) is 3.36. The van der Waals surface area contributed by atoms with Crippen LogP contribution in [0.2, 0.25) is 0 Å². The van der Waals surface area contributed by atoms with Gasteiger partial charge >= 0.3 is 5.76 Å². The van der Waals surface area contributed by atoms with Crippen molar-refractivity contribution in [3.63, 3.8) is 0 Å². The number of fused-ring (bicyclic) bond motifs is 1. The number of nitrogens with one attached hydrogen (secondary N) is 2. The minimum Gasteiger partial charge on any atom is -0.497 e. The Kier molecular flexibility index (Phi) is 4.90. The molecule has 2 aromatic carbocycles. The van der Waals surface area contributed by atoms with Gasteiger partial charge in [0.05, 0.1) is 12.6 Å². The Labute approximate surface area is 142 Å². The minimum absolute atomic E-state index is 0.0822. The van der Waals surface area contributed by atoms with Gasteiger partial charge in [-0.15, -0.1) is 11.8 Å². The van der Waals surface area contributed by atoms with Gasteiger partial charge in [-0.05, 0) is 42.5 Å². The van der Waals surface area contributed by atoms with Gasteiger partial charge in [0.2, 0.25) is 5.91 Å². The van der Waals surface area contributed by atoms with Crippen LogP contribution in [0.5, 0.6) is 5.75 Å². The first-order valence-corrected chi connectivity index (χ1v) is 8.32. The standard InChI is InChI=1S/C17H16N2O4S/c1-22-12-3-5-13(6-4-12)24-9-8-16(20)18-11-2-7-15-14(10-11)19-17(21)23-15/h2-7,10H,8-9H2,1H3,(H,18,20)(H,19,21). The smallest absolute Gasteiger partial charge is 0.417 e. The second kappa shape index (κ2) is 7.27. The van der Waals surface area contributed by atoms with Crippen molar-refractivity contribution in [3.8, 4) is 5.75 Å². The Morgan fingerprint density at radius 3 is 2.79 bits per heavy atom. The van der Waals surface area contributed by atoms with Gasteiger partial charge in [0.1, 0.15) is 5.75 Å². The van der Waals surface area contributed by atoms with Crippen molar-refractivity contribution in [2.24, 2.45) is 0 Å². The molecule has 0 bridgehead atoms. The first-order chi connectivity index (χ1) is 11.6. The number of carbonyl (C=O) groups excluding carboxylic acids is 1. The van der Waals surface area contributed by atoms with Gasteiger partial charge in [0.15, 0.2) is 5.58 Å². The highest BCUT2D eigenvalue weighted by Crippen LogP contribution is 2.22. The van der Waals surface area contributed by atoms with Gasteiger partial charge in [-0.25, -0.2) is 4.79 Å². The van der Waals surface area contributed by atoms with Gasteiger partial charge in [-0.3, -0.25) is 9.78 Å². The first-order valence-electron chi connectivity index (χ1n) is 7.33. The third-order valence-corrected chi connectivity index (χ3v) is 4.37. The quantitative estimate of drug-likeness (QED) is 0.671. The molecule has 124 valence electrons. The van der Waals surface area contributed by atoms with Crippen molar-refractivity contribution in [1.29, 1.82) is 0 Å². The zero-order valence-electron chi connectivity index (χ0n) is 13.0. The van der Waals surface area contributed by atoms with E-state index in [1.807, 2.05) is 24.3 Å². The van der Waals surface area contributed by atoms with Crippen molar-refractivity contribution in [2.75, 3.05) is 18.2 Å². The topological polar surface area (TPSA) is 84.3 Å². The average molecular weight is 344 g/mol. The largest absolute Gasteiger partial charge is 0.497 e. The zero-order chi connectivity index (χ0) is 16.9. The summed E-state index contributed by atoms with van der Waals surface area (Å²) in [5, 5.41) is 2.81. The molecule has 0 spiro atoms. The fourth-order valence-corrected chi connectivity index (χ4v) is 3.04. The molecule has 0 aliphatic rings. The SMILES string of the molecule is COc1ccc(SCCC(=O)Nc2ccc3oc(=O)[nH]c3c2)cc1. The summed E-state index contributed by atoms with van der Waals surface area (Å²) in [6, 6.07) is 12.7. The van der Waals surface area contributed by atoms with Crippen LogP contribution in [0.4, 0.5) is 5.69 Å². The summed E-state index contributed by atoms with van der Waals surface area (Å²) in [4.78, 5) is 26.8. The Morgan fingerprint density at radius 1 is 1.25 bits per heavy atom. The molecule has 1 heterocycles. The predicted molar refractivity (Wildman–Crippen MR) is 93.8 cm³/mol. The van der Waals surface area contributed by atoms with Crippen LogP contribution >= 0.6 is 11.8 Å². The van der Waals surface area contributed by atoms with E-state index in [2.05, 4.69) is 10.3 Å². The van der Waals surface area contributed by atoms with Crippen molar-refractivity contribution in [2.45, 2.75) is 11.3 Å². The van der Waals surface area contributed by atoms with E-state index in [0.29, 0.717) is 29.0 Å². The highest BCUT2D eigenvalue weighted by atomic mass is 32.2. The van der Waals surface area contributed by atoms with E-state index < -0.39 is 5.76 Å². The summed E-state index contributed by atoms with van der Waals surface area (Å²) < 4.78 is 10.0. The van der Waals surface area contributed by atoms with Crippen LogP contribution in [0.1, 0.15) is 6.42 Å². The lowest BCUT2D eigenvalue weighted by atomic mass is 10.3. The maximum atomic E-state index is 12.0. The lowest BCUT2D eigenvalue weighted by Gasteiger charge is -2.06. The number of aromatic nitrogens is 1. The highest BCUT2D eigenvalue weighted by molar-refractivity contribution is 7.99. The summed E-state index contributed by atoms with van der Waals surface area (Å²) in [5.74, 6) is 0.888. The summed E-state index contributed by atoms with van der Waals surface area (Å²) in [5.41, 5.74) is 1.65. The van der Waals surface area contributed by atoms with E-state index in [1.54, 1.807) is 37.1 Å². The Balaban J connectivity index is 1.51. The summed E-state index contributed by atoms with van der Waals surface area (Å²) in [7, 11) is 1.63. The van der Waals surface area contributed by atoms with E-state index in [9.17, 15) is 9.59 Å². The van der Waals surface area contributed by atoms with Gasteiger partial charge in [-0.1, -0.05) is 0 Å². The van der Waals surface area contributed by atoms with Gasteiger partial charge in [0.25, 0.3) is 0 Å². The van der Waals surface area contributed by atoms with Crippen molar-refractivity contribution >= 4 is 34.5 Å². The fraction of sp³-hybridized carbons (Fsp3) is 0.176. The number of hydrogen-bond donors (Lipinski definition) is 2. The number of carbonyl (C=O) groups is 1. The number of benzene rings is 2. The van der Waals surface area contributed by atoms with Gasteiger partial charge in [-0.2, -0.15) is 0 Å². The van der Waals surface area contributed by atoms with Crippen LogP contribution in [-0.4, -0.2) is 23.8 Å². The maximum Gasteiger partial charge on any atom is 0.417 e. The number of ether oxygens (including phenoxy) is 1. The van der Waals surface area contributed by atoms with Crippen LogP contribution in [0, 0.1) is 0 Å². The molecule has 0 atom stereocenters. The molecule has 0 radical (unpaired) electrons. The number of aromatic amines is 1. The number of methoxy groups -OCH3 is 1. The lowest BCUT2D eigenvalue weighted by Crippen LogP contribution is -2.12. The molecule has 0 aliphatic carbocycles. The highest BCUT2D eigenvalue weighted by Gasteiger charge is 2.06. The molecule has 0 saturated carbocycles. The lowest BCUT2D eigenvalue weighted by molar-refractivity contribution is -0.115. The zero-order valence-corrected chi connectivity index (χ0v) is 13.8. The number of oxazole rings is 1. The van der Waals surface area contributed by atoms with Crippen molar-refractivity contribution in [1.82, 2.24) is 4.98 Å². The number of anilines is 1. The summed E-state index contributed by atoms with van der Waals surface area (Å²) in [6.07, 6.45) is 0.386. The second-order valence-corrected chi connectivity index (χ2v) is 6.22. The van der Waals surface area contributed by atoms with Crippen LogP contribution in [-0.2, 0) is 4.79 Å². The van der Waals surface area contributed by atoms with Crippen LogP contribution < -0.4 is 15.8 Å². The molecule has 2 N–H and O–H groups in total. The minimum atomic E-state index is -0.510. The summed E-state index contributed by atoms with van der Waals surface area (Å²) in [6.45, 7) is 0. The first kappa shape index (κ1) is 16.2. The van der Waals surface area contributed by atoms with Gasteiger partial charge < -0.3 is 14.5 Å². The number of rotatable bonds is 6. The van der Waals surface area contributed by atoms with Crippen molar-refractivity contribution < 1.29 is 13.9 Å². The molecule has 0 aliphatic heterocycles. The molecule has 3 aromatic rings. The molecule has 0 unspecified atom stereocenters. The van der Waals surface area contributed by atoms with E-state index in [0.717, 1.165) is 10.6 Å². The molecule has 6 nitrogen and oxygen atoms in total. The molecule has 24 heavy (non-hydrogen) atoms. The fourth-order valence-electron chi connectivity index (χ4n) is 2.19. The Bertz CT molecular complexity index is 899. The maximum absolute atomic E-state index is 12.0. The van der Waals surface area contributed by atoms with E-state index >= 15 is 0 Å². The number of amides is 1. The normalized spacial score (nSPS) is 10.7. The third kappa shape index (κ3) is 3.99. The molecular weight excluding hydrogens is 328 g/mol. The molecular formula is C17H16N2O4S. The average Bonchev–Trinajstić information content (AvgIpc) is 2.95. The summed E-state index contributed by atoms with van der Waals surface area (Å²) >= 11 is 1.61. The van der Waals surface area contributed by atoms with Crippen LogP contribution in [0.25, 0.3) is 11.1 Å². The van der Waals surface area contributed by atoms with E-state index in [1.165, 1.54) is 0 Å².